The van der Waals surface area contributed by atoms with Crippen LogP contribution in [-0.2, 0) is 4.74 Å². The molecule has 0 atom stereocenters. The van der Waals surface area contributed by atoms with Gasteiger partial charge in [-0.15, -0.1) is 0 Å². The van der Waals surface area contributed by atoms with E-state index in [1.807, 2.05) is 26.1 Å². The lowest BCUT2D eigenvalue weighted by molar-refractivity contribution is 0.165. The van der Waals surface area contributed by atoms with Gasteiger partial charge in [0.25, 0.3) is 0 Å². The van der Waals surface area contributed by atoms with Gasteiger partial charge >= 0.3 is 0 Å². The van der Waals surface area contributed by atoms with Crippen molar-refractivity contribution in [2.45, 2.75) is 6.92 Å². The quantitative estimate of drug-likeness (QED) is 0.438. The van der Waals surface area contributed by atoms with Crippen LogP contribution in [0.1, 0.15) is 6.92 Å². The summed E-state index contributed by atoms with van der Waals surface area (Å²) in [4.78, 5) is 0. The molecule has 0 aromatic heterocycles. The summed E-state index contributed by atoms with van der Waals surface area (Å²) in [5.41, 5.74) is 0. The van der Waals surface area contributed by atoms with E-state index in [9.17, 15) is 0 Å². The topological polar surface area (TPSA) is 21.3 Å². The van der Waals surface area contributed by atoms with Gasteiger partial charge in [-0.3, -0.25) is 0 Å². The molecule has 0 aromatic carbocycles. The standard InChI is InChI=1S/C7H15NO/c1-3-4-6-9-7-5-8-2/h3-4,8H,5-7H2,1-2H3/b4-3-. The maximum Gasteiger partial charge on any atom is 0.0647 e. The Bertz CT molecular complexity index is 71.3. The zero-order chi connectivity index (χ0) is 6.95. The first-order valence-corrected chi connectivity index (χ1v) is 3.25. The van der Waals surface area contributed by atoms with Crippen molar-refractivity contribution < 1.29 is 4.74 Å². The van der Waals surface area contributed by atoms with Crippen LogP contribution in [0, 0.1) is 0 Å². The van der Waals surface area contributed by atoms with E-state index in [1.165, 1.54) is 0 Å². The van der Waals surface area contributed by atoms with Crippen molar-refractivity contribution in [2.24, 2.45) is 0 Å². The lowest BCUT2D eigenvalue weighted by Gasteiger charge is -1.97. The average molecular weight is 129 g/mol. The van der Waals surface area contributed by atoms with Crippen LogP contribution < -0.4 is 5.32 Å². The molecule has 0 spiro atoms. The first-order chi connectivity index (χ1) is 4.41. The van der Waals surface area contributed by atoms with Gasteiger partial charge in [0.05, 0.1) is 13.2 Å². The summed E-state index contributed by atoms with van der Waals surface area (Å²) in [6.45, 7) is 4.44. The molecule has 0 radical (unpaired) electrons. The Balaban J connectivity index is 2.75. The fourth-order valence-electron chi connectivity index (χ4n) is 0.422. The molecule has 0 bridgehead atoms. The van der Waals surface area contributed by atoms with E-state index in [2.05, 4.69) is 5.32 Å². The van der Waals surface area contributed by atoms with Crippen molar-refractivity contribution in [3.8, 4) is 0 Å². The molecule has 0 fully saturated rings. The summed E-state index contributed by atoms with van der Waals surface area (Å²) in [5.74, 6) is 0. The summed E-state index contributed by atoms with van der Waals surface area (Å²) in [6.07, 6.45) is 3.98. The van der Waals surface area contributed by atoms with Crippen molar-refractivity contribution in [2.75, 3.05) is 26.8 Å². The van der Waals surface area contributed by atoms with Crippen molar-refractivity contribution >= 4 is 0 Å². The van der Waals surface area contributed by atoms with Crippen LogP contribution >= 0.6 is 0 Å². The molecule has 2 nitrogen and oxygen atoms in total. The minimum absolute atomic E-state index is 0.734. The molecule has 0 unspecified atom stereocenters. The summed E-state index contributed by atoms with van der Waals surface area (Å²) < 4.78 is 5.17. The molecule has 0 saturated carbocycles. The number of likely N-dealkylation sites (N-methyl/N-ethyl adjacent to an activating group) is 1. The van der Waals surface area contributed by atoms with Crippen molar-refractivity contribution in [3.05, 3.63) is 12.2 Å². The number of allylic oxidation sites excluding steroid dienone is 1. The maximum absolute atomic E-state index is 5.17. The van der Waals surface area contributed by atoms with E-state index in [-0.39, 0.29) is 0 Å². The van der Waals surface area contributed by atoms with Crippen molar-refractivity contribution in [3.63, 3.8) is 0 Å². The number of hydrogen-bond acceptors (Lipinski definition) is 2. The lowest BCUT2D eigenvalue weighted by atomic mass is 10.5. The van der Waals surface area contributed by atoms with Gasteiger partial charge in [-0.25, -0.2) is 0 Å². The number of rotatable bonds is 5. The number of nitrogens with one attached hydrogen (secondary N) is 1. The summed E-state index contributed by atoms with van der Waals surface area (Å²) in [6, 6.07) is 0. The third kappa shape index (κ3) is 7.66. The molecule has 54 valence electrons. The molecule has 0 aliphatic rings. The van der Waals surface area contributed by atoms with Crippen LogP contribution in [0.4, 0.5) is 0 Å². The highest BCUT2D eigenvalue weighted by Gasteiger charge is 1.79. The Labute approximate surface area is 56.9 Å². The first-order valence-electron chi connectivity index (χ1n) is 3.25. The van der Waals surface area contributed by atoms with Crippen molar-refractivity contribution in [1.82, 2.24) is 5.32 Å². The molecular formula is C7H15NO. The van der Waals surface area contributed by atoms with Gasteiger partial charge in [-0.05, 0) is 14.0 Å². The molecule has 0 saturated heterocycles. The summed E-state index contributed by atoms with van der Waals surface area (Å²) in [5, 5.41) is 3.00. The molecule has 9 heavy (non-hydrogen) atoms. The highest BCUT2D eigenvalue weighted by atomic mass is 16.5. The Hall–Kier alpha value is -0.340. The average Bonchev–Trinajstić information content (AvgIpc) is 1.89. The molecule has 0 amide bonds. The molecule has 0 aliphatic heterocycles. The Morgan fingerprint density at radius 1 is 1.56 bits per heavy atom. The van der Waals surface area contributed by atoms with Crippen LogP contribution in [-0.4, -0.2) is 26.8 Å². The Morgan fingerprint density at radius 2 is 2.33 bits per heavy atom. The summed E-state index contributed by atoms with van der Waals surface area (Å²) in [7, 11) is 1.92. The minimum Gasteiger partial charge on any atom is -0.376 e. The zero-order valence-corrected chi connectivity index (χ0v) is 6.18. The molecule has 1 N–H and O–H groups in total. The van der Waals surface area contributed by atoms with Crippen LogP contribution in [0.2, 0.25) is 0 Å². The van der Waals surface area contributed by atoms with Crippen LogP contribution in [0.25, 0.3) is 0 Å². The third-order valence-electron chi connectivity index (χ3n) is 0.946. The largest absolute Gasteiger partial charge is 0.376 e. The van der Waals surface area contributed by atoms with Gasteiger partial charge in [-0.2, -0.15) is 0 Å². The van der Waals surface area contributed by atoms with Gasteiger partial charge in [0.1, 0.15) is 0 Å². The van der Waals surface area contributed by atoms with Crippen LogP contribution in [0.3, 0.4) is 0 Å². The second-order valence-electron chi connectivity index (χ2n) is 1.75. The van der Waals surface area contributed by atoms with E-state index in [1.54, 1.807) is 0 Å². The van der Waals surface area contributed by atoms with Gasteiger partial charge in [-0.1, -0.05) is 12.2 Å². The zero-order valence-electron chi connectivity index (χ0n) is 6.18. The van der Waals surface area contributed by atoms with E-state index < -0.39 is 0 Å². The minimum atomic E-state index is 0.734. The number of ether oxygens (including phenoxy) is 1. The predicted octanol–water partition coefficient (Wildman–Crippen LogP) is 0.798. The second kappa shape index (κ2) is 7.66. The fraction of sp³-hybridized carbons (Fsp3) is 0.714. The van der Waals surface area contributed by atoms with Gasteiger partial charge < -0.3 is 10.1 Å². The van der Waals surface area contributed by atoms with Gasteiger partial charge in [0.15, 0.2) is 0 Å². The van der Waals surface area contributed by atoms with Crippen LogP contribution in [0.5, 0.6) is 0 Å². The van der Waals surface area contributed by atoms with E-state index in [4.69, 9.17) is 4.74 Å². The SMILES string of the molecule is C/C=C\COCCNC. The Morgan fingerprint density at radius 3 is 2.89 bits per heavy atom. The fourth-order valence-corrected chi connectivity index (χ4v) is 0.422. The highest BCUT2D eigenvalue weighted by Crippen LogP contribution is 1.74. The second-order valence-corrected chi connectivity index (χ2v) is 1.75. The monoisotopic (exact) mass is 129 g/mol. The van der Waals surface area contributed by atoms with Gasteiger partial charge in [0.2, 0.25) is 0 Å². The molecule has 0 rings (SSSR count). The first kappa shape index (κ1) is 8.66. The normalized spacial score (nSPS) is 10.9. The third-order valence-corrected chi connectivity index (χ3v) is 0.946. The molecule has 2 heteroatoms. The molecule has 0 heterocycles. The van der Waals surface area contributed by atoms with E-state index >= 15 is 0 Å². The van der Waals surface area contributed by atoms with Gasteiger partial charge in [0, 0.05) is 6.54 Å². The molecular weight excluding hydrogens is 114 g/mol. The Kier molecular flexibility index (Phi) is 7.37. The molecule has 0 aromatic rings. The van der Waals surface area contributed by atoms with Crippen LogP contribution in [0.15, 0.2) is 12.2 Å². The predicted molar refractivity (Wildman–Crippen MR) is 39.6 cm³/mol. The van der Waals surface area contributed by atoms with E-state index in [0.717, 1.165) is 19.8 Å². The maximum atomic E-state index is 5.17. The number of hydrogen-bond donors (Lipinski definition) is 1. The summed E-state index contributed by atoms with van der Waals surface area (Å²) >= 11 is 0. The molecule has 0 aliphatic carbocycles. The van der Waals surface area contributed by atoms with Crippen molar-refractivity contribution in [1.29, 1.82) is 0 Å². The lowest BCUT2D eigenvalue weighted by Crippen LogP contribution is -2.13. The smallest absolute Gasteiger partial charge is 0.0647 e. The highest BCUT2D eigenvalue weighted by molar-refractivity contribution is 4.75. The van der Waals surface area contributed by atoms with E-state index in [0.29, 0.717) is 0 Å².